The topological polar surface area (TPSA) is 103 Å². The first kappa shape index (κ1) is 14.2. The number of hydrogen-bond donors (Lipinski definition) is 3. The van der Waals surface area contributed by atoms with Gasteiger partial charge in [0.1, 0.15) is 12.6 Å². The molecule has 0 saturated carbocycles. The third kappa shape index (κ3) is 4.65. The highest BCUT2D eigenvalue weighted by molar-refractivity contribution is 5.94. The Morgan fingerprint density at radius 1 is 1.25 bits per heavy atom. The molecule has 0 aromatic carbocycles. The van der Waals surface area contributed by atoms with Crippen LogP contribution in [0.3, 0.4) is 0 Å². The van der Waals surface area contributed by atoms with Gasteiger partial charge in [-0.1, -0.05) is 6.58 Å². The molecule has 0 aromatic rings. The van der Waals surface area contributed by atoms with Crippen molar-refractivity contribution in [1.82, 2.24) is 9.80 Å². The van der Waals surface area contributed by atoms with Crippen molar-refractivity contribution in [3.63, 3.8) is 0 Å². The zero-order chi connectivity index (χ0) is 12.7. The summed E-state index contributed by atoms with van der Waals surface area (Å²) in [4.78, 5) is 11.1. The van der Waals surface area contributed by atoms with E-state index in [2.05, 4.69) is 16.6 Å². The Hall–Kier alpha value is -1.76. The highest BCUT2D eigenvalue weighted by Crippen LogP contribution is 1.94. The number of rotatable bonds is 3. The molecule has 0 aliphatic rings. The molecular weight excluding hydrogens is 208 g/mol. The van der Waals surface area contributed by atoms with E-state index in [1.165, 1.54) is 4.90 Å². The molecule has 0 bridgehead atoms. The Labute approximate surface area is 95.8 Å². The van der Waals surface area contributed by atoms with Crippen LogP contribution in [0.1, 0.15) is 6.92 Å². The van der Waals surface area contributed by atoms with Gasteiger partial charge in [-0.3, -0.25) is 0 Å². The molecule has 7 heteroatoms. The van der Waals surface area contributed by atoms with Gasteiger partial charge in [0.05, 0.1) is 0 Å². The molecule has 92 valence electrons. The van der Waals surface area contributed by atoms with E-state index in [4.69, 9.17) is 16.6 Å². The van der Waals surface area contributed by atoms with Crippen molar-refractivity contribution in [2.45, 2.75) is 6.92 Å². The number of aliphatic hydroxyl groups is 1. The van der Waals surface area contributed by atoms with Crippen LogP contribution in [0, 0.1) is 0 Å². The first-order chi connectivity index (χ1) is 7.42. The maximum Gasteiger partial charge on any atom is 0.232 e. The van der Waals surface area contributed by atoms with Crippen LogP contribution in [0.5, 0.6) is 0 Å². The van der Waals surface area contributed by atoms with Gasteiger partial charge in [-0.15, -0.1) is 0 Å². The molecule has 0 aliphatic heterocycles. The predicted molar refractivity (Wildman–Crippen MR) is 65.5 cm³/mol. The summed E-state index contributed by atoms with van der Waals surface area (Å²) in [6.07, 6.45) is 0. The molecule has 0 amide bonds. The largest absolute Gasteiger partial charge is 0.384 e. The van der Waals surface area contributed by atoms with Crippen molar-refractivity contribution >= 4 is 11.9 Å². The number of aliphatic imine (C=N–C) groups is 2. The zero-order valence-corrected chi connectivity index (χ0v) is 10.0. The molecule has 0 spiro atoms. The first-order valence-corrected chi connectivity index (χ1v) is 4.82. The molecule has 0 heterocycles. The Balaban J connectivity index is 5.00. The highest BCUT2D eigenvalue weighted by atomic mass is 16.3. The predicted octanol–water partition coefficient (Wildman–Crippen LogP) is -1.08. The number of nitrogens with zero attached hydrogens (tertiary/aromatic N) is 4. The van der Waals surface area contributed by atoms with E-state index in [0.717, 1.165) is 6.54 Å². The van der Waals surface area contributed by atoms with E-state index >= 15 is 0 Å². The van der Waals surface area contributed by atoms with Crippen LogP contribution in [0.25, 0.3) is 0 Å². The number of hydrogen-bond acceptors (Lipinski definition) is 3. The fourth-order valence-electron chi connectivity index (χ4n) is 0.737. The van der Waals surface area contributed by atoms with Gasteiger partial charge >= 0.3 is 0 Å². The molecule has 0 rings (SSSR count). The Bertz CT molecular complexity index is 298. The monoisotopic (exact) mass is 228 g/mol. The fourth-order valence-corrected chi connectivity index (χ4v) is 0.737. The summed E-state index contributed by atoms with van der Waals surface area (Å²) in [5, 5.41) is 8.98. The van der Waals surface area contributed by atoms with E-state index in [1.54, 1.807) is 19.0 Å². The van der Waals surface area contributed by atoms with Gasteiger partial charge in [-0.2, -0.15) is 9.98 Å². The Morgan fingerprint density at radius 3 is 2.19 bits per heavy atom. The highest BCUT2D eigenvalue weighted by Gasteiger charge is 2.07. The van der Waals surface area contributed by atoms with E-state index < -0.39 is 0 Å². The van der Waals surface area contributed by atoms with Crippen LogP contribution in [0.2, 0.25) is 0 Å². The molecular formula is C9H20N6O. The summed E-state index contributed by atoms with van der Waals surface area (Å²) in [6, 6.07) is 0. The average Bonchev–Trinajstić information content (AvgIpc) is 2.25. The third-order valence-corrected chi connectivity index (χ3v) is 1.88. The second kappa shape index (κ2) is 6.67. The molecule has 16 heavy (non-hydrogen) atoms. The van der Waals surface area contributed by atoms with Crippen molar-refractivity contribution in [3.8, 4) is 0 Å². The SMILES string of the molecule is C=C(N)N=C(N=C(N)N(C)CC)N(C)CO. The number of guanidine groups is 2. The Morgan fingerprint density at radius 2 is 1.81 bits per heavy atom. The maximum atomic E-state index is 8.98. The lowest BCUT2D eigenvalue weighted by molar-refractivity contribution is 0.190. The quantitative estimate of drug-likeness (QED) is 0.324. The first-order valence-electron chi connectivity index (χ1n) is 4.82. The average molecular weight is 228 g/mol. The summed E-state index contributed by atoms with van der Waals surface area (Å²) in [7, 11) is 3.41. The van der Waals surface area contributed by atoms with E-state index in [9.17, 15) is 0 Å². The smallest absolute Gasteiger partial charge is 0.232 e. The molecule has 0 aromatic heterocycles. The molecule has 7 nitrogen and oxygen atoms in total. The summed E-state index contributed by atoms with van der Waals surface area (Å²) < 4.78 is 0. The molecule has 0 radical (unpaired) electrons. The minimum absolute atomic E-state index is 0.103. The van der Waals surface area contributed by atoms with Gasteiger partial charge in [0.15, 0.2) is 5.96 Å². The van der Waals surface area contributed by atoms with Gasteiger partial charge in [0.2, 0.25) is 5.96 Å². The lowest BCUT2D eigenvalue weighted by atomic mass is 10.6. The lowest BCUT2D eigenvalue weighted by Gasteiger charge is -2.19. The second-order valence-corrected chi connectivity index (χ2v) is 3.23. The number of aliphatic hydroxyl groups excluding tert-OH is 1. The summed E-state index contributed by atoms with van der Waals surface area (Å²) in [5.41, 5.74) is 11.1. The Kier molecular flexibility index (Phi) is 5.94. The molecule has 0 fully saturated rings. The van der Waals surface area contributed by atoms with Crippen LogP contribution in [0.15, 0.2) is 22.4 Å². The van der Waals surface area contributed by atoms with E-state index in [1.807, 2.05) is 6.92 Å². The molecule has 0 unspecified atom stereocenters. The summed E-state index contributed by atoms with van der Waals surface area (Å²) >= 11 is 0. The van der Waals surface area contributed by atoms with Crippen molar-refractivity contribution in [3.05, 3.63) is 12.4 Å². The maximum absolute atomic E-state index is 8.98. The third-order valence-electron chi connectivity index (χ3n) is 1.88. The van der Waals surface area contributed by atoms with E-state index in [0.29, 0.717) is 5.96 Å². The van der Waals surface area contributed by atoms with Crippen molar-refractivity contribution in [1.29, 1.82) is 0 Å². The molecule has 5 N–H and O–H groups in total. The van der Waals surface area contributed by atoms with Crippen molar-refractivity contribution in [2.75, 3.05) is 27.4 Å². The van der Waals surface area contributed by atoms with Gasteiger partial charge in [0.25, 0.3) is 0 Å². The second-order valence-electron chi connectivity index (χ2n) is 3.23. The van der Waals surface area contributed by atoms with Crippen LogP contribution in [-0.2, 0) is 0 Å². The summed E-state index contributed by atoms with van der Waals surface area (Å²) in [6.45, 7) is 5.86. The van der Waals surface area contributed by atoms with Crippen LogP contribution in [0.4, 0.5) is 0 Å². The van der Waals surface area contributed by atoms with Gasteiger partial charge in [0, 0.05) is 20.6 Å². The van der Waals surface area contributed by atoms with Gasteiger partial charge in [-0.25, -0.2) is 0 Å². The van der Waals surface area contributed by atoms with Crippen LogP contribution >= 0.6 is 0 Å². The van der Waals surface area contributed by atoms with Crippen molar-refractivity contribution < 1.29 is 5.11 Å². The minimum atomic E-state index is -0.237. The number of nitrogens with two attached hydrogens (primary N) is 2. The zero-order valence-electron chi connectivity index (χ0n) is 10.0. The molecule has 0 atom stereocenters. The van der Waals surface area contributed by atoms with Gasteiger partial charge in [-0.05, 0) is 6.92 Å². The van der Waals surface area contributed by atoms with Crippen LogP contribution < -0.4 is 11.5 Å². The minimum Gasteiger partial charge on any atom is -0.384 e. The molecule has 0 aliphatic carbocycles. The standard InChI is InChI=1S/C9H20N6O/c1-5-14(3)8(11)13-9(12-7(2)10)15(4)6-16/h16H,2,5-6,10H2,1,3-4H3,(H2,11,12,13). The summed E-state index contributed by atoms with van der Waals surface area (Å²) in [5.74, 6) is 0.613. The fraction of sp³-hybridized carbons (Fsp3) is 0.556. The van der Waals surface area contributed by atoms with E-state index in [-0.39, 0.29) is 18.5 Å². The normalized spacial score (nSPS) is 12.5. The van der Waals surface area contributed by atoms with Crippen molar-refractivity contribution in [2.24, 2.45) is 21.5 Å². The van der Waals surface area contributed by atoms with Gasteiger partial charge < -0.3 is 26.4 Å². The molecule has 0 saturated heterocycles. The van der Waals surface area contributed by atoms with Crippen LogP contribution in [-0.4, -0.2) is 54.2 Å². The lowest BCUT2D eigenvalue weighted by Crippen LogP contribution is -2.37.